The van der Waals surface area contributed by atoms with Crippen molar-refractivity contribution in [1.82, 2.24) is 9.55 Å². The standard InChI is InChI=1S/C13H9BrN2O2/c1-8-15-9-4-2-3-5-10(9)16(8)13(17)11-6-7-12(14)18-11/h2-7H,1H3. The maximum Gasteiger partial charge on any atom is 0.299 e. The zero-order chi connectivity index (χ0) is 12.7. The quantitative estimate of drug-likeness (QED) is 0.692. The Bertz CT molecular complexity index is 742. The van der Waals surface area contributed by atoms with Gasteiger partial charge in [-0.05, 0) is 47.1 Å². The van der Waals surface area contributed by atoms with Gasteiger partial charge in [0.25, 0.3) is 5.91 Å². The van der Waals surface area contributed by atoms with E-state index in [0.717, 1.165) is 11.0 Å². The van der Waals surface area contributed by atoms with E-state index in [0.29, 0.717) is 10.5 Å². The minimum absolute atomic E-state index is 0.216. The first-order chi connectivity index (χ1) is 8.66. The number of hydrogen-bond acceptors (Lipinski definition) is 3. The van der Waals surface area contributed by atoms with Gasteiger partial charge in [0, 0.05) is 0 Å². The van der Waals surface area contributed by atoms with Crippen molar-refractivity contribution in [3.8, 4) is 0 Å². The van der Waals surface area contributed by atoms with E-state index in [1.54, 1.807) is 23.6 Å². The molecule has 0 saturated carbocycles. The second-order valence-corrected chi connectivity index (χ2v) is 4.67. The number of aryl methyl sites for hydroxylation is 1. The van der Waals surface area contributed by atoms with Crippen LogP contribution in [-0.2, 0) is 0 Å². The van der Waals surface area contributed by atoms with Crippen molar-refractivity contribution < 1.29 is 9.21 Å². The first kappa shape index (κ1) is 11.2. The summed E-state index contributed by atoms with van der Waals surface area (Å²) in [4.78, 5) is 16.7. The molecule has 0 saturated heterocycles. The van der Waals surface area contributed by atoms with E-state index in [-0.39, 0.29) is 11.7 Å². The Labute approximate surface area is 111 Å². The molecule has 0 amide bonds. The molecule has 4 nitrogen and oxygen atoms in total. The molecule has 2 aromatic heterocycles. The molecular weight excluding hydrogens is 296 g/mol. The Balaban J connectivity index is 2.20. The van der Waals surface area contributed by atoms with Crippen LogP contribution in [0.2, 0.25) is 0 Å². The lowest BCUT2D eigenvalue weighted by Crippen LogP contribution is -2.12. The van der Waals surface area contributed by atoms with Gasteiger partial charge in [-0.2, -0.15) is 0 Å². The Kier molecular flexibility index (Phi) is 2.56. The number of halogens is 1. The van der Waals surface area contributed by atoms with Crippen LogP contribution in [0.25, 0.3) is 11.0 Å². The van der Waals surface area contributed by atoms with Crippen molar-refractivity contribution in [2.24, 2.45) is 0 Å². The minimum atomic E-state index is -0.216. The third-order valence-electron chi connectivity index (χ3n) is 2.72. The van der Waals surface area contributed by atoms with Crippen LogP contribution in [0.5, 0.6) is 0 Å². The van der Waals surface area contributed by atoms with Gasteiger partial charge in [-0.25, -0.2) is 4.98 Å². The first-order valence-corrected chi connectivity index (χ1v) is 6.20. The molecule has 1 aromatic carbocycles. The third-order valence-corrected chi connectivity index (χ3v) is 3.14. The minimum Gasteiger partial charge on any atom is -0.444 e. The molecule has 18 heavy (non-hydrogen) atoms. The molecule has 0 aliphatic rings. The van der Waals surface area contributed by atoms with Gasteiger partial charge in [0.1, 0.15) is 5.82 Å². The zero-order valence-electron chi connectivity index (χ0n) is 9.55. The lowest BCUT2D eigenvalue weighted by Gasteiger charge is -2.02. The maximum absolute atomic E-state index is 12.4. The van der Waals surface area contributed by atoms with E-state index in [9.17, 15) is 4.79 Å². The lowest BCUT2D eigenvalue weighted by atomic mass is 10.3. The summed E-state index contributed by atoms with van der Waals surface area (Å²) in [5.41, 5.74) is 1.58. The van der Waals surface area contributed by atoms with Crippen LogP contribution < -0.4 is 0 Å². The molecule has 3 aromatic rings. The van der Waals surface area contributed by atoms with E-state index >= 15 is 0 Å². The van der Waals surface area contributed by atoms with Gasteiger partial charge in [0.15, 0.2) is 10.4 Å². The van der Waals surface area contributed by atoms with Crippen LogP contribution in [0.1, 0.15) is 16.4 Å². The van der Waals surface area contributed by atoms with Crippen molar-refractivity contribution in [2.75, 3.05) is 0 Å². The lowest BCUT2D eigenvalue weighted by molar-refractivity contribution is 0.0933. The normalized spacial score (nSPS) is 11.0. The number of rotatable bonds is 1. The largest absolute Gasteiger partial charge is 0.444 e. The van der Waals surface area contributed by atoms with Crippen LogP contribution in [0.15, 0.2) is 45.5 Å². The molecule has 90 valence electrons. The number of nitrogens with zero attached hydrogens (tertiary/aromatic N) is 2. The van der Waals surface area contributed by atoms with E-state index in [1.165, 1.54) is 0 Å². The van der Waals surface area contributed by atoms with E-state index in [2.05, 4.69) is 20.9 Å². The highest BCUT2D eigenvalue weighted by Gasteiger charge is 2.18. The van der Waals surface area contributed by atoms with Gasteiger partial charge >= 0.3 is 0 Å². The van der Waals surface area contributed by atoms with Crippen molar-refractivity contribution >= 4 is 32.9 Å². The molecule has 0 spiro atoms. The summed E-state index contributed by atoms with van der Waals surface area (Å²) in [5.74, 6) is 0.716. The molecule has 3 rings (SSSR count). The number of furan rings is 1. The van der Waals surface area contributed by atoms with Crippen LogP contribution in [0, 0.1) is 6.92 Å². The molecule has 0 aliphatic carbocycles. The Hall–Kier alpha value is -1.88. The molecular formula is C13H9BrN2O2. The summed E-state index contributed by atoms with van der Waals surface area (Å²) in [5, 5.41) is 0. The van der Waals surface area contributed by atoms with Crippen LogP contribution >= 0.6 is 15.9 Å². The highest BCUT2D eigenvalue weighted by molar-refractivity contribution is 9.10. The number of benzene rings is 1. The SMILES string of the molecule is Cc1nc2ccccc2n1C(=O)c1ccc(Br)o1. The zero-order valence-corrected chi connectivity index (χ0v) is 11.1. The van der Waals surface area contributed by atoms with E-state index in [1.807, 2.05) is 24.3 Å². The second-order valence-electron chi connectivity index (χ2n) is 3.89. The molecule has 0 bridgehead atoms. The molecule has 5 heteroatoms. The van der Waals surface area contributed by atoms with Gasteiger partial charge in [-0.3, -0.25) is 9.36 Å². The van der Waals surface area contributed by atoms with Crippen LogP contribution in [-0.4, -0.2) is 15.5 Å². The number of imidazole rings is 1. The molecule has 0 aliphatic heterocycles. The number of hydrogen-bond donors (Lipinski definition) is 0. The van der Waals surface area contributed by atoms with Crippen molar-refractivity contribution in [2.45, 2.75) is 6.92 Å². The fourth-order valence-electron chi connectivity index (χ4n) is 1.94. The molecule has 0 N–H and O–H groups in total. The Morgan fingerprint density at radius 3 is 2.78 bits per heavy atom. The van der Waals surface area contributed by atoms with Gasteiger partial charge in [0.05, 0.1) is 11.0 Å². The summed E-state index contributed by atoms with van der Waals surface area (Å²) in [6.45, 7) is 1.80. The summed E-state index contributed by atoms with van der Waals surface area (Å²) in [6, 6.07) is 10.9. The number of carbonyl (C=O) groups excluding carboxylic acids is 1. The van der Waals surface area contributed by atoms with Gasteiger partial charge in [-0.15, -0.1) is 0 Å². The van der Waals surface area contributed by atoms with E-state index in [4.69, 9.17) is 4.42 Å². The summed E-state index contributed by atoms with van der Waals surface area (Å²) in [6.07, 6.45) is 0. The predicted molar refractivity (Wildman–Crippen MR) is 70.6 cm³/mol. The Morgan fingerprint density at radius 1 is 1.28 bits per heavy atom. The maximum atomic E-state index is 12.4. The first-order valence-electron chi connectivity index (χ1n) is 5.41. The van der Waals surface area contributed by atoms with Crippen molar-refractivity contribution in [3.63, 3.8) is 0 Å². The summed E-state index contributed by atoms with van der Waals surface area (Å²) in [7, 11) is 0. The predicted octanol–water partition coefficient (Wildman–Crippen LogP) is 3.39. The molecule has 2 heterocycles. The summed E-state index contributed by atoms with van der Waals surface area (Å²) >= 11 is 3.19. The monoisotopic (exact) mass is 304 g/mol. The molecule has 0 radical (unpaired) electrons. The average molecular weight is 305 g/mol. The fraction of sp³-hybridized carbons (Fsp3) is 0.0769. The topological polar surface area (TPSA) is 48.0 Å². The van der Waals surface area contributed by atoms with Gasteiger partial charge < -0.3 is 4.42 Å². The van der Waals surface area contributed by atoms with Gasteiger partial charge in [0.2, 0.25) is 0 Å². The van der Waals surface area contributed by atoms with E-state index < -0.39 is 0 Å². The molecule has 0 unspecified atom stereocenters. The smallest absolute Gasteiger partial charge is 0.299 e. The number of para-hydroxylation sites is 2. The fourth-order valence-corrected chi connectivity index (χ4v) is 2.25. The summed E-state index contributed by atoms with van der Waals surface area (Å²) < 4.78 is 7.38. The second kappa shape index (κ2) is 4.10. The Morgan fingerprint density at radius 2 is 2.06 bits per heavy atom. The third kappa shape index (κ3) is 1.67. The van der Waals surface area contributed by atoms with Crippen LogP contribution in [0.4, 0.5) is 0 Å². The highest BCUT2D eigenvalue weighted by atomic mass is 79.9. The molecule has 0 fully saturated rings. The number of aromatic nitrogens is 2. The number of fused-ring (bicyclic) bond motifs is 1. The highest BCUT2D eigenvalue weighted by Crippen LogP contribution is 2.20. The van der Waals surface area contributed by atoms with Gasteiger partial charge in [-0.1, -0.05) is 12.1 Å². The van der Waals surface area contributed by atoms with Crippen LogP contribution in [0.3, 0.4) is 0 Å². The van der Waals surface area contributed by atoms with Crippen molar-refractivity contribution in [3.05, 3.63) is 52.7 Å². The molecule has 0 atom stereocenters. The average Bonchev–Trinajstić information content (AvgIpc) is 2.91. The number of carbonyl (C=O) groups is 1. The van der Waals surface area contributed by atoms with Crippen molar-refractivity contribution in [1.29, 1.82) is 0 Å².